The van der Waals surface area contributed by atoms with Gasteiger partial charge in [0.2, 0.25) is 5.88 Å². The molecule has 2 saturated carbocycles. The van der Waals surface area contributed by atoms with Crippen molar-refractivity contribution in [3.8, 4) is 5.88 Å². The van der Waals surface area contributed by atoms with Gasteiger partial charge in [0, 0.05) is 23.8 Å². The van der Waals surface area contributed by atoms with Crippen molar-refractivity contribution in [1.29, 1.82) is 0 Å². The fourth-order valence-electron chi connectivity index (χ4n) is 4.99. The van der Waals surface area contributed by atoms with Gasteiger partial charge in [-0.05, 0) is 45.6 Å². The third kappa shape index (κ3) is 3.89. The van der Waals surface area contributed by atoms with Gasteiger partial charge in [-0.3, -0.25) is 4.79 Å². The highest BCUT2D eigenvalue weighted by Gasteiger charge is 2.24. The molecule has 5 heteroatoms. The molecule has 1 N–H and O–H groups in total. The van der Waals surface area contributed by atoms with Gasteiger partial charge in [-0.2, -0.15) is 0 Å². The van der Waals surface area contributed by atoms with E-state index in [0.29, 0.717) is 30.0 Å². The molecule has 2 aromatic heterocycles. The number of hydrogen-bond acceptors (Lipinski definition) is 4. The first-order chi connectivity index (χ1) is 13.7. The van der Waals surface area contributed by atoms with Gasteiger partial charge < -0.3 is 14.6 Å². The molecule has 0 aliphatic heterocycles. The van der Waals surface area contributed by atoms with Crippen LogP contribution < -0.4 is 15.5 Å². The van der Waals surface area contributed by atoms with Crippen molar-refractivity contribution in [3.05, 3.63) is 28.0 Å². The summed E-state index contributed by atoms with van der Waals surface area (Å²) in [4.78, 5) is 17.6. The SMILES string of the molecule is CCOc1nc(C)cc2c1c(=O)cc(NC1CCCCC1)n2C1CCCCC1. The molecule has 0 aromatic carbocycles. The summed E-state index contributed by atoms with van der Waals surface area (Å²) in [6, 6.07) is 4.76. The molecule has 0 bridgehead atoms. The minimum atomic E-state index is 0.0105. The Morgan fingerprint density at radius 1 is 1.07 bits per heavy atom. The maximum Gasteiger partial charge on any atom is 0.227 e. The maximum atomic E-state index is 13.1. The largest absolute Gasteiger partial charge is 0.477 e. The van der Waals surface area contributed by atoms with Gasteiger partial charge in [0.1, 0.15) is 11.2 Å². The molecule has 2 aliphatic carbocycles. The van der Waals surface area contributed by atoms with Crippen LogP contribution in [0.4, 0.5) is 5.82 Å². The van der Waals surface area contributed by atoms with E-state index in [-0.39, 0.29) is 5.43 Å². The molecule has 0 saturated heterocycles. The van der Waals surface area contributed by atoms with Gasteiger partial charge in [0.25, 0.3) is 0 Å². The second kappa shape index (κ2) is 8.54. The van der Waals surface area contributed by atoms with E-state index in [1.54, 1.807) is 6.07 Å². The Labute approximate surface area is 167 Å². The van der Waals surface area contributed by atoms with Gasteiger partial charge >= 0.3 is 0 Å². The molecule has 2 heterocycles. The zero-order valence-electron chi connectivity index (χ0n) is 17.3. The van der Waals surface area contributed by atoms with Crippen molar-refractivity contribution in [2.75, 3.05) is 11.9 Å². The molecule has 0 radical (unpaired) electrons. The van der Waals surface area contributed by atoms with Crippen LogP contribution in [-0.4, -0.2) is 22.2 Å². The van der Waals surface area contributed by atoms with Gasteiger partial charge in [0.15, 0.2) is 5.43 Å². The summed E-state index contributed by atoms with van der Waals surface area (Å²) in [5.41, 5.74) is 1.89. The van der Waals surface area contributed by atoms with Crippen LogP contribution in [0.5, 0.6) is 5.88 Å². The molecule has 28 heavy (non-hydrogen) atoms. The Balaban J connectivity index is 1.88. The van der Waals surface area contributed by atoms with Crippen LogP contribution >= 0.6 is 0 Å². The molecule has 2 fully saturated rings. The van der Waals surface area contributed by atoms with Crippen LogP contribution in [0.25, 0.3) is 10.9 Å². The highest BCUT2D eigenvalue weighted by Crippen LogP contribution is 2.35. The normalized spacial score (nSPS) is 19.1. The molecule has 4 rings (SSSR count). The van der Waals surface area contributed by atoms with E-state index in [1.807, 2.05) is 13.8 Å². The lowest BCUT2D eigenvalue weighted by atomic mass is 9.94. The van der Waals surface area contributed by atoms with E-state index in [4.69, 9.17) is 4.74 Å². The number of aryl methyl sites for hydroxylation is 1. The summed E-state index contributed by atoms with van der Waals surface area (Å²) < 4.78 is 8.17. The zero-order valence-corrected chi connectivity index (χ0v) is 17.3. The van der Waals surface area contributed by atoms with E-state index >= 15 is 0 Å². The summed E-state index contributed by atoms with van der Waals surface area (Å²) in [5, 5.41) is 4.38. The second-order valence-corrected chi connectivity index (χ2v) is 8.43. The Hall–Kier alpha value is -2.04. The molecule has 0 amide bonds. The monoisotopic (exact) mass is 383 g/mol. The summed E-state index contributed by atoms with van der Waals surface area (Å²) in [6.07, 6.45) is 12.4. The average Bonchev–Trinajstić information content (AvgIpc) is 2.69. The van der Waals surface area contributed by atoms with Crippen molar-refractivity contribution in [2.24, 2.45) is 0 Å². The maximum absolute atomic E-state index is 13.1. The molecule has 2 aliphatic rings. The van der Waals surface area contributed by atoms with E-state index in [1.165, 1.54) is 64.2 Å². The van der Waals surface area contributed by atoms with Crippen LogP contribution in [0.2, 0.25) is 0 Å². The quantitative estimate of drug-likeness (QED) is 0.756. The second-order valence-electron chi connectivity index (χ2n) is 8.43. The van der Waals surface area contributed by atoms with Gasteiger partial charge in [-0.15, -0.1) is 0 Å². The van der Waals surface area contributed by atoms with Gasteiger partial charge in [-0.1, -0.05) is 38.5 Å². The first-order valence-corrected chi connectivity index (χ1v) is 11.1. The summed E-state index contributed by atoms with van der Waals surface area (Å²) in [5.74, 6) is 1.47. The molecule has 0 unspecified atom stereocenters. The van der Waals surface area contributed by atoms with E-state index in [9.17, 15) is 4.79 Å². The Kier molecular flexibility index (Phi) is 5.88. The number of fused-ring (bicyclic) bond motifs is 1. The van der Waals surface area contributed by atoms with Gasteiger partial charge in [0.05, 0.1) is 12.1 Å². The predicted octanol–water partition coefficient (Wildman–Crippen LogP) is 5.35. The van der Waals surface area contributed by atoms with E-state index in [2.05, 4.69) is 20.9 Å². The molecule has 5 nitrogen and oxygen atoms in total. The fourth-order valence-corrected chi connectivity index (χ4v) is 4.99. The lowest BCUT2D eigenvalue weighted by Crippen LogP contribution is -2.28. The standard InChI is InChI=1S/C23H33N3O2/c1-3-28-23-22-19(14-16(2)24-23)26(18-12-8-5-9-13-18)21(15-20(22)27)25-17-10-6-4-7-11-17/h14-15,17-18,25H,3-13H2,1-2H3. The number of pyridine rings is 2. The van der Waals surface area contributed by atoms with Crippen molar-refractivity contribution in [2.45, 2.75) is 90.1 Å². The van der Waals surface area contributed by atoms with Crippen LogP contribution in [0, 0.1) is 6.92 Å². The molecule has 152 valence electrons. The predicted molar refractivity (Wildman–Crippen MR) is 115 cm³/mol. The number of nitrogens with zero attached hydrogens (tertiary/aromatic N) is 2. The average molecular weight is 384 g/mol. The number of ether oxygens (including phenoxy) is 1. The molecule has 0 spiro atoms. The van der Waals surface area contributed by atoms with Crippen molar-refractivity contribution < 1.29 is 4.74 Å². The summed E-state index contributed by atoms with van der Waals surface area (Å²) in [6.45, 7) is 4.43. The van der Waals surface area contributed by atoms with Crippen molar-refractivity contribution in [1.82, 2.24) is 9.55 Å². The van der Waals surface area contributed by atoms with Crippen LogP contribution in [0.3, 0.4) is 0 Å². The lowest BCUT2D eigenvalue weighted by molar-refractivity contribution is 0.329. The summed E-state index contributed by atoms with van der Waals surface area (Å²) >= 11 is 0. The molecular weight excluding hydrogens is 350 g/mol. The Bertz CT molecular complexity index is 878. The minimum absolute atomic E-state index is 0.0105. The topological polar surface area (TPSA) is 56.1 Å². The van der Waals surface area contributed by atoms with E-state index in [0.717, 1.165) is 17.0 Å². The number of anilines is 1. The summed E-state index contributed by atoms with van der Waals surface area (Å²) in [7, 11) is 0. The van der Waals surface area contributed by atoms with Crippen LogP contribution in [0.15, 0.2) is 16.9 Å². The third-order valence-corrected chi connectivity index (χ3v) is 6.30. The first kappa shape index (κ1) is 19.3. The van der Waals surface area contributed by atoms with Crippen molar-refractivity contribution >= 4 is 16.7 Å². The Morgan fingerprint density at radius 2 is 1.75 bits per heavy atom. The number of aromatic nitrogens is 2. The van der Waals surface area contributed by atoms with Crippen LogP contribution in [0.1, 0.15) is 82.9 Å². The molecule has 0 atom stereocenters. The smallest absolute Gasteiger partial charge is 0.227 e. The molecular formula is C23H33N3O2. The Morgan fingerprint density at radius 3 is 2.43 bits per heavy atom. The zero-order chi connectivity index (χ0) is 19.5. The number of nitrogens with one attached hydrogen (secondary N) is 1. The lowest BCUT2D eigenvalue weighted by Gasteiger charge is -2.32. The highest BCUT2D eigenvalue weighted by molar-refractivity contribution is 5.86. The number of rotatable bonds is 5. The molecule has 2 aromatic rings. The number of hydrogen-bond donors (Lipinski definition) is 1. The highest BCUT2D eigenvalue weighted by atomic mass is 16.5. The van der Waals surface area contributed by atoms with E-state index < -0.39 is 0 Å². The minimum Gasteiger partial charge on any atom is -0.477 e. The first-order valence-electron chi connectivity index (χ1n) is 11.1. The van der Waals surface area contributed by atoms with Crippen molar-refractivity contribution in [3.63, 3.8) is 0 Å². The van der Waals surface area contributed by atoms with Crippen LogP contribution in [-0.2, 0) is 0 Å². The fraction of sp³-hybridized carbons (Fsp3) is 0.652. The van der Waals surface area contributed by atoms with Gasteiger partial charge in [-0.25, -0.2) is 4.98 Å². The third-order valence-electron chi connectivity index (χ3n) is 6.30.